The number of amides is 1. The molecule has 0 fully saturated rings. The smallest absolute Gasteiger partial charge is 0.411 e. The third kappa shape index (κ3) is 4.73. The summed E-state index contributed by atoms with van der Waals surface area (Å²) in [5, 5.41) is 9.51. The zero-order valence-electron chi connectivity index (χ0n) is 14.3. The van der Waals surface area contributed by atoms with Crippen LogP contribution < -0.4 is 0 Å². The molecule has 0 saturated heterocycles. The largest absolute Gasteiger partial charge is 0.479 e. The van der Waals surface area contributed by atoms with Crippen molar-refractivity contribution in [1.82, 2.24) is 4.90 Å². The average molecular weight is 327 g/mol. The maximum Gasteiger partial charge on any atom is 0.411 e. The van der Waals surface area contributed by atoms with E-state index in [1.54, 1.807) is 26.8 Å². The Morgan fingerprint density at radius 2 is 1.73 bits per heavy atom. The predicted octanol–water partition coefficient (Wildman–Crippen LogP) is 4.04. The van der Waals surface area contributed by atoms with Gasteiger partial charge in [0.25, 0.3) is 0 Å². The number of likely N-dealkylation sites (N-methyl/N-ethyl adjacent to an activating group) is 1. The van der Waals surface area contributed by atoms with Crippen LogP contribution in [0.5, 0.6) is 0 Å². The third-order valence-corrected chi connectivity index (χ3v) is 4.50. The molecular weight excluding hydrogens is 302 g/mol. The Balaban J connectivity index is 3.06. The molecule has 0 aliphatic rings. The van der Waals surface area contributed by atoms with Gasteiger partial charge in [0.05, 0.1) is 0 Å². The van der Waals surface area contributed by atoms with Crippen molar-refractivity contribution in [3.05, 3.63) is 21.9 Å². The van der Waals surface area contributed by atoms with Gasteiger partial charge in [0.2, 0.25) is 0 Å². The van der Waals surface area contributed by atoms with E-state index >= 15 is 0 Å². The zero-order valence-corrected chi connectivity index (χ0v) is 15.1. The zero-order chi connectivity index (χ0) is 17.3. The lowest BCUT2D eigenvalue weighted by molar-refractivity contribution is -0.142. The molecule has 0 bridgehead atoms. The molecule has 22 heavy (non-hydrogen) atoms. The third-order valence-electron chi connectivity index (χ3n) is 2.94. The van der Waals surface area contributed by atoms with Crippen molar-refractivity contribution >= 4 is 23.4 Å². The summed E-state index contributed by atoms with van der Waals surface area (Å²) in [6, 6.07) is 2.64. The molecule has 1 heterocycles. The van der Waals surface area contributed by atoms with Gasteiger partial charge in [0.15, 0.2) is 6.04 Å². The van der Waals surface area contributed by atoms with E-state index in [2.05, 4.69) is 20.8 Å². The standard InChI is InChI=1S/C16H25NO4S/c1-15(2,3)11-9-8-10(22-11)12(13(18)19)17(7)14(20)21-16(4,5)6/h8-9,12H,1-7H3,(H,18,19). The SMILES string of the molecule is CN(C(=O)OC(C)(C)C)C(C(=O)O)c1ccc(C(C)(C)C)s1. The van der Waals surface area contributed by atoms with Gasteiger partial charge >= 0.3 is 12.1 Å². The second kappa shape index (κ2) is 6.28. The van der Waals surface area contributed by atoms with Gasteiger partial charge in [-0.25, -0.2) is 9.59 Å². The summed E-state index contributed by atoms with van der Waals surface area (Å²) in [4.78, 5) is 26.6. The highest BCUT2D eigenvalue weighted by molar-refractivity contribution is 7.12. The Kier molecular flexibility index (Phi) is 5.28. The van der Waals surface area contributed by atoms with E-state index < -0.39 is 23.7 Å². The van der Waals surface area contributed by atoms with Crippen molar-refractivity contribution < 1.29 is 19.4 Å². The van der Waals surface area contributed by atoms with E-state index in [4.69, 9.17) is 4.74 Å². The summed E-state index contributed by atoms with van der Waals surface area (Å²) in [7, 11) is 1.45. The molecule has 1 rings (SSSR count). The highest BCUT2D eigenvalue weighted by Gasteiger charge is 2.33. The highest BCUT2D eigenvalue weighted by Crippen LogP contribution is 2.34. The molecule has 5 nitrogen and oxygen atoms in total. The topological polar surface area (TPSA) is 66.8 Å². The summed E-state index contributed by atoms with van der Waals surface area (Å²) < 4.78 is 5.25. The molecular formula is C16H25NO4S. The summed E-state index contributed by atoms with van der Waals surface area (Å²) in [5.74, 6) is -1.07. The Bertz CT molecular complexity index is 551. The van der Waals surface area contributed by atoms with Gasteiger partial charge in [-0.1, -0.05) is 20.8 Å². The van der Waals surface area contributed by atoms with E-state index in [1.165, 1.54) is 18.4 Å². The molecule has 1 N–H and O–H groups in total. The number of nitrogens with zero attached hydrogens (tertiary/aromatic N) is 1. The molecule has 1 unspecified atom stereocenters. The van der Waals surface area contributed by atoms with Crippen LogP contribution in [0.2, 0.25) is 0 Å². The second-order valence-electron chi connectivity index (χ2n) is 7.28. The monoisotopic (exact) mass is 327 g/mol. The highest BCUT2D eigenvalue weighted by atomic mass is 32.1. The number of carbonyl (C=O) groups is 2. The maximum absolute atomic E-state index is 12.1. The fraction of sp³-hybridized carbons (Fsp3) is 0.625. The van der Waals surface area contributed by atoms with Crippen LogP contribution in [0.3, 0.4) is 0 Å². The quantitative estimate of drug-likeness (QED) is 0.910. The Labute approximate surface area is 135 Å². The lowest BCUT2D eigenvalue weighted by Gasteiger charge is -2.28. The van der Waals surface area contributed by atoms with Crippen molar-refractivity contribution in [3.63, 3.8) is 0 Å². The fourth-order valence-electron chi connectivity index (χ4n) is 1.82. The van der Waals surface area contributed by atoms with Gasteiger partial charge in [0, 0.05) is 16.8 Å². The predicted molar refractivity (Wildman–Crippen MR) is 87.4 cm³/mol. The molecule has 0 spiro atoms. The molecule has 0 radical (unpaired) electrons. The van der Waals surface area contributed by atoms with E-state index in [1.807, 2.05) is 6.07 Å². The van der Waals surface area contributed by atoms with Crippen LogP contribution in [-0.4, -0.2) is 34.7 Å². The normalized spacial score (nSPS) is 13.6. The first-order chi connectivity index (χ1) is 9.83. The molecule has 0 aliphatic heterocycles. The molecule has 1 aromatic heterocycles. The van der Waals surface area contributed by atoms with Gasteiger partial charge < -0.3 is 9.84 Å². The van der Waals surface area contributed by atoms with E-state index in [0.29, 0.717) is 4.88 Å². The van der Waals surface area contributed by atoms with Crippen LogP contribution in [-0.2, 0) is 14.9 Å². The number of carboxylic acids is 1. The summed E-state index contributed by atoms with van der Waals surface area (Å²) in [6.45, 7) is 11.4. The van der Waals surface area contributed by atoms with Gasteiger partial charge in [-0.15, -0.1) is 11.3 Å². The van der Waals surface area contributed by atoms with Crippen molar-refractivity contribution in [3.8, 4) is 0 Å². The average Bonchev–Trinajstić information content (AvgIpc) is 2.75. The van der Waals surface area contributed by atoms with Crippen LogP contribution in [0.4, 0.5) is 4.79 Å². The minimum Gasteiger partial charge on any atom is -0.479 e. The molecule has 0 saturated carbocycles. The molecule has 6 heteroatoms. The molecule has 124 valence electrons. The number of hydrogen-bond acceptors (Lipinski definition) is 4. The molecule has 0 aliphatic carbocycles. The second-order valence-corrected chi connectivity index (χ2v) is 8.40. The van der Waals surface area contributed by atoms with Crippen LogP contribution >= 0.6 is 11.3 Å². The fourth-order valence-corrected chi connectivity index (χ4v) is 3.02. The lowest BCUT2D eigenvalue weighted by Crippen LogP contribution is -2.39. The van der Waals surface area contributed by atoms with E-state index in [0.717, 1.165) is 9.78 Å². The minimum absolute atomic E-state index is 0.0591. The Morgan fingerprint density at radius 3 is 2.09 bits per heavy atom. The first-order valence-electron chi connectivity index (χ1n) is 7.12. The Hall–Kier alpha value is -1.56. The number of ether oxygens (including phenoxy) is 1. The van der Waals surface area contributed by atoms with Crippen molar-refractivity contribution in [1.29, 1.82) is 0 Å². The first kappa shape index (κ1) is 18.5. The number of thiophene rings is 1. The Morgan fingerprint density at radius 1 is 1.18 bits per heavy atom. The summed E-state index contributed by atoms with van der Waals surface area (Å²) in [6.07, 6.45) is -0.648. The van der Waals surface area contributed by atoms with Crippen LogP contribution in [0.15, 0.2) is 12.1 Å². The minimum atomic E-state index is -1.07. The maximum atomic E-state index is 12.1. The molecule has 0 aromatic carbocycles. The van der Waals surface area contributed by atoms with Gasteiger partial charge in [-0.2, -0.15) is 0 Å². The van der Waals surface area contributed by atoms with Crippen LogP contribution in [0.25, 0.3) is 0 Å². The van der Waals surface area contributed by atoms with E-state index in [9.17, 15) is 14.7 Å². The van der Waals surface area contributed by atoms with Crippen molar-refractivity contribution in [2.75, 3.05) is 7.05 Å². The van der Waals surface area contributed by atoms with E-state index in [-0.39, 0.29) is 5.41 Å². The van der Waals surface area contributed by atoms with Crippen molar-refractivity contribution in [2.45, 2.75) is 58.6 Å². The number of aliphatic carboxylic acids is 1. The molecule has 1 aromatic rings. The number of carbonyl (C=O) groups excluding carboxylic acids is 1. The van der Waals surface area contributed by atoms with Crippen LogP contribution in [0.1, 0.15) is 57.3 Å². The first-order valence-corrected chi connectivity index (χ1v) is 7.93. The number of hydrogen-bond donors (Lipinski definition) is 1. The van der Waals surface area contributed by atoms with Crippen LogP contribution in [0, 0.1) is 0 Å². The number of carboxylic acid groups (broad SMARTS) is 1. The summed E-state index contributed by atoms with van der Waals surface area (Å²) in [5.41, 5.74) is -0.725. The molecule has 1 amide bonds. The lowest BCUT2D eigenvalue weighted by atomic mass is 9.95. The summed E-state index contributed by atoms with van der Waals surface area (Å²) >= 11 is 1.41. The van der Waals surface area contributed by atoms with Gasteiger partial charge in [-0.05, 0) is 38.3 Å². The van der Waals surface area contributed by atoms with Crippen molar-refractivity contribution in [2.24, 2.45) is 0 Å². The van der Waals surface area contributed by atoms with Gasteiger partial charge in [-0.3, -0.25) is 4.90 Å². The number of rotatable bonds is 3. The molecule has 1 atom stereocenters. The van der Waals surface area contributed by atoms with Gasteiger partial charge in [0.1, 0.15) is 5.60 Å².